The molecule has 0 aliphatic rings. The first-order valence-electron chi connectivity index (χ1n) is 4.43. The number of nitrogens with one attached hydrogen (secondary N) is 1. The first-order valence-corrected chi connectivity index (χ1v) is 6.04. The summed E-state index contributed by atoms with van der Waals surface area (Å²) >= 11 is 4.76. The Hall–Kier alpha value is -1.96. The fourth-order valence-corrected chi connectivity index (χ4v) is 2.26. The van der Waals surface area contributed by atoms with Crippen LogP contribution in [0.25, 0.3) is 10.2 Å². The summed E-state index contributed by atoms with van der Waals surface area (Å²) in [4.78, 5) is 4.27. The van der Waals surface area contributed by atoms with Crippen LogP contribution >= 0.6 is 27.3 Å². The van der Waals surface area contributed by atoms with E-state index >= 15 is 0 Å². The van der Waals surface area contributed by atoms with Crippen molar-refractivity contribution in [2.24, 2.45) is 5.10 Å². The van der Waals surface area contributed by atoms with Crippen molar-refractivity contribution in [3.05, 3.63) is 22.7 Å². The lowest BCUT2D eigenvalue weighted by Gasteiger charge is -1.89. The molecule has 0 atom stereocenters. The highest BCUT2D eigenvalue weighted by molar-refractivity contribution is 9.10. The van der Waals surface area contributed by atoms with E-state index in [0.717, 1.165) is 14.7 Å². The van der Waals surface area contributed by atoms with Gasteiger partial charge in [0, 0.05) is 4.47 Å². The molecule has 17 heavy (non-hydrogen) atoms. The van der Waals surface area contributed by atoms with Gasteiger partial charge in [0.15, 0.2) is 0 Å². The molecule has 0 fully saturated rings. The van der Waals surface area contributed by atoms with Crippen LogP contribution in [-0.4, -0.2) is 10.7 Å². The third kappa shape index (κ3) is 2.59. The number of halogens is 1. The Labute approximate surface area is 109 Å². The van der Waals surface area contributed by atoms with Crippen LogP contribution in [0, 0.1) is 22.7 Å². The van der Waals surface area contributed by atoms with E-state index in [0.29, 0.717) is 5.13 Å². The number of fused-ring (bicyclic) bond motifs is 1. The number of hydrogen-bond acceptors (Lipinski definition) is 6. The zero-order chi connectivity index (χ0) is 12.3. The molecule has 0 bridgehead atoms. The number of hydrazone groups is 1. The van der Waals surface area contributed by atoms with Crippen LogP contribution in [0.15, 0.2) is 27.8 Å². The minimum Gasteiger partial charge on any atom is -0.251 e. The summed E-state index contributed by atoms with van der Waals surface area (Å²) < 4.78 is 1.95. The van der Waals surface area contributed by atoms with Gasteiger partial charge in [-0.2, -0.15) is 15.6 Å². The average Bonchev–Trinajstić information content (AvgIpc) is 2.72. The van der Waals surface area contributed by atoms with Gasteiger partial charge in [0.2, 0.25) is 10.8 Å². The lowest BCUT2D eigenvalue weighted by atomic mass is 10.3. The van der Waals surface area contributed by atoms with Crippen molar-refractivity contribution in [2.75, 3.05) is 5.43 Å². The molecule has 5 nitrogen and oxygen atoms in total. The SMILES string of the molecule is N#CC(C#N)=NNc1nc2cc(Br)ccc2s1. The monoisotopic (exact) mass is 305 g/mol. The molecule has 0 radical (unpaired) electrons. The highest BCUT2D eigenvalue weighted by Gasteiger charge is 2.03. The second kappa shape index (κ2) is 4.91. The first-order chi connectivity index (χ1) is 8.22. The van der Waals surface area contributed by atoms with Crippen LogP contribution in [0.1, 0.15) is 0 Å². The zero-order valence-corrected chi connectivity index (χ0v) is 10.7. The number of aromatic nitrogens is 1. The smallest absolute Gasteiger partial charge is 0.237 e. The molecule has 0 spiro atoms. The zero-order valence-electron chi connectivity index (χ0n) is 8.31. The highest BCUT2D eigenvalue weighted by Crippen LogP contribution is 2.28. The molecule has 1 aromatic heterocycles. The van der Waals surface area contributed by atoms with Gasteiger partial charge in [-0.25, -0.2) is 4.98 Å². The number of rotatable bonds is 2. The van der Waals surface area contributed by atoms with Crippen LogP contribution in [-0.2, 0) is 0 Å². The van der Waals surface area contributed by atoms with Crippen molar-refractivity contribution >= 4 is 48.3 Å². The average molecular weight is 306 g/mol. The molecule has 1 heterocycles. The highest BCUT2D eigenvalue weighted by atomic mass is 79.9. The van der Waals surface area contributed by atoms with Crippen LogP contribution in [0.3, 0.4) is 0 Å². The third-order valence-electron chi connectivity index (χ3n) is 1.82. The van der Waals surface area contributed by atoms with Crippen LogP contribution in [0.2, 0.25) is 0 Å². The lowest BCUT2D eigenvalue weighted by molar-refractivity contribution is 1.30. The predicted molar refractivity (Wildman–Crippen MR) is 69.6 cm³/mol. The fraction of sp³-hybridized carbons (Fsp3) is 0. The van der Waals surface area contributed by atoms with Gasteiger partial charge >= 0.3 is 0 Å². The van der Waals surface area contributed by atoms with E-state index in [2.05, 4.69) is 31.4 Å². The maximum Gasteiger partial charge on any atom is 0.237 e. The minimum atomic E-state index is -0.231. The summed E-state index contributed by atoms with van der Waals surface area (Å²) in [6.07, 6.45) is 0. The number of anilines is 1. The van der Waals surface area contributed by atoms with Crippen molar-refractivity contribution in [3.63, 3.8) is 0 Å². The maximum atomic E-state index is 8.51. The van der Waals surface area contributed by atoms with E-state index in [4.69, 9.17) is 10.5 Å². The molecule has 1 aromatic carbocycles. The molecule has 0 aliphatic heterocycles. The number of hydrogen-bond donors (Lipinski definition) is 1. The molecular weight excluding hydrogens is 302 g/mol. The summed E-state index contributed by atoms with van der Waals surface area (Å²) in [5.41, 5.74) is 3.19. The molecule has 2 aromatic rings. The Bertz CT molecular complexity index is 660. The molecular formula is C10H4BrN5S. The summed E-state index contributed by atoms with van der Waals surface area (Å²) in [7, 11) is 0. The largest absolute Gasteiger partial charge is 0.251 e. The van der Waals surface area contributed by atoms with Gasteiger partial charge in [-0.3, -0.25) is 5.43 Å². The van der Waals surface area contributed by atoms with Crippen LogP contribution < -0.4 is 5.43 Å². The normalized spacial score (nSPS) is 9.35. The molecule has 0 saturated heterocycles. The second-order valence-electron chi connectivity index (χ2n) is 2.93. The second-order valence-corrected chi connectivity index (χ2v) is 4.87. The number of thiazole rings is 1. The van der Waals surface area contributed by atoms with Crippen molar-refractivity contribution in [1.82, 2.24) is 4.98 Å². The van der Waals surface area contributed by atoms with Gasteiger partial charge in [-0.15, -0.1) is 0 Å². The Balaban J connectivity index is 2.30. The first kappa shape index (κ1) is 11.5. The molecule has 2 rings (SSSR count). The maximum absolute atomic E-state index is 8.51. The standard InChI is InChI=1S/C10H4BrN5S/c11-6-1-2-9-8(3-6)14-10(17-9)16-15-7(4-12)5-13/h1-3H,(H,14,16). The third-order valence-corrected chi connectivity index (χ3v) is 3.26. The van der Waals surface area contributed by atoms with E-state index in [1.165, 1.54) is 11.3 Å². The van der Waals surface area contributed by atoms with Gasteiger partial charge in [-0.05, 0) is 18.2 Å². The van der Waals surface area contributed by atoms with Gasteiger partial charge < -0.3 is 0 Å². The van der Waals surface area contributed by atoms with Gasteiger partial charge in [0.25, 0.3) is 0 Å². The van der Waals surface area contributed by atoms with E-state index < -0.39 is 0 Å². The minimum absolute atomic E-state index is 0.231. The quantitative estimate of drug-likeness (QED) is 0.683. The Morgan fingerprint density at radius 1 is 1.41 bits per heavy atom. The number of nitriles is 2. The Morgan fingerprint density at radius 2 is 2.18 bits per heavy atom. The molecule has 1 N–H and O–H groups in total. The molecule has 0 unspecified atom stereocenters. The van der Waals surface area contributed by atoms with Gasteiger partial charge in [-0.1, -0.05) is 27.3 Å². The van der Waals surface area contributed by atoms with Gasteiger partial charge in [0.1, 0.15) is 12.1 Å². The lowest BCUT2D eigenvalue weighted by Crippen LogP contribution is -1.95. The van der Waals surface area contributed by atoms with Crippen molar-refractivity contribution < 1.29 is 0 Å². The molecule has 82 valence electrons. The summed E-state index contributed by atoms with van der Waals surface area (Å²) in [5.74, 6) is 0. The van der Waals surface area contributed by atoms with E-state index in [1.54, 1.807) is 12.1 Å². The van der Waals surface area contributed by atoms with Crippen LogP contribution in [0.5, 0.6) is 0 Å². The van der Waals surface area contributed by atoms with Crippen LogP contribution in [0.4, 0.5) is 5.13 Å². The Kier molecular flexibility index (Phi) is 3.33. The van der Waals surface area contributed by atoms with E-state index in [9.17, 15) is 0 Å². The summed E-state index contributed by atoms with van der Waals surface area (Å²) in [5, 5.41) is 21.2. The van der Waals surface area contributed by atoms with Crippen molar-refractivity contribution in [2.45, 2.75) is 0 Å². The number of benzene rings is 1. The predicted octanol–water partition coefficient (Wildman–Crippen LogP) is 2.87. The fourth-order valence-electron chi connectivity index (χ4n) is 1.13. The topological polar surface area (TPSA) is 84.9 Å². The molecule has 0 amide bonds. The van der Waals surface area contributed by atoms with Gasteiger partial charge in [0.05, 0.1) is 10.2 Å². The van der Waals surface area contributed by atoms with E-state index in [-0.39, 0.29) is 5.71 Å². The summed E-state index contributed by atoms with van der Waals surface area (Å²) in [6, 6.07) is 9.06. The molecule has 0 aliphatic carbocycles. The molecule has 0 saturated carbocycles. The van der Waals surface area contributed by atoms with Crippen molar-refractivity contribution in [3.8, 4) is 12.1 Å². The molecule has 7 heteroatoms. The summed E-state index contributed by atoms with van der Waals surface area (Å²) in [6.45, 7) is 0. The van der Waals surface area contributed by atoms with E-state index in [1.807, 2.05) is 18.2 Å². The van der Waals surface area contributed by atoms with Crippen molar-refractivity contribution in [1.29, 1.82) is 10.5 Å². The Morgan fingerprint density at radius 3 is 2.88 bits per heavy atom. The number of nitrogens with zero attached hydrogens (tertiary/aromatic N) is 4.